The number of rotatable bonds is 5. The molecule has 0 spiro atoms. The third kappa shape index (κ3) is 3.10. The lowest BCUT2D eigenvalue weighted by Gasteiger charge is -2.28. The zero-order chi connectivity index (χ0) is 13.8. The average Bonchev–Trinajstić information content (AvgIpc) is 2.82. The molecule has 1 aliphatic heterocycles. The van der Waals surface area contributed by atoms with Crippen molar-refractivity contribution in [1.29, 1.82) is 0 Å². The summed E-state index contributed by atoms with van der Waals surface area (Å²) in [4.78, 5) is 0. The Bertz CT molecular complexity index is 419. The van der Waals surface area contributed by atoms with Crippen LogP contribution in [0.1, 0.15) is 37.4 Å². The maximum absolute atomic E-state index is 5.96. The molecule has 1 aromatic rings. The Morgan fingerprint density at radius 1 is 1.47 bits per heavy atom. The van der Waals surface area contributed by atoms with Crippen LogP contribution >= 0.6 is 0 Å². The van der Waals surface area contributed by atoms with E-state index in [0.717, 1.165) is 25.3 Å². The van der Waals surface area contributed by atoms with Crippen LogP contribution in [-0.2, 0) is 4.74 Å². The van der Waals surface area contributed by atoms with E-state index in [1.165, 1.54) is 11.1 Å². The Morgan fingerprint density at radius 3 is 2.84 bits per heavy atom. The second-order valence-corrected chi connectivity index (χ2v) is 5.38. The van der Waals surface area contributed by atoms with E-state index in [-0.39, 0.29) is 12.1 Å². The maximum atomic E-state index is 5.96. The highest BCUT2D eigenvalue weighted by molar-refractivity contribution is 5.40. The standard InChI is InChI=1S/C16H25NO2/c1-5-17-15(16-12(3)8-9-19-16)13-10-11(2)6-7-14(13)18-4/h6-7,10,12,15-17H,5,8-9H2,1-4H3. The highest BCUT2D eigenvalue weighted by Crippen LogP contribution is 2.35. The van der Waals surface area contributed by atoms with Crippen LogP contribution in [0.4, 0.5) is 0 Å². The van der Waals surface area contributed by atoms with Gasteiger partial charge in [0.2, 0.25) is 0 Å². The quantitative estimate of drug-likeness (QED) is 0.885. The lowest BCUT2D eigenvalue weighted by molar-refractivity contribution is 0.0604. The number of ether oxygens (including phenoxy) is 2. The summed E-state index contributed by atoms with van der Waals surface area (Å²) in [6, 6.07) is 6.55. The van der Waals surface area contributed by atoms with Crippen molar-refractivity contribution < 1.29 is 9.47 Å². The molecule has 1 N–H and O–H groups in total. The van der Waals surface area contributed by atoms with Gasteiger partial charge in [0.1, 0.15) is 5.75 Å². The van der Waals surface area contributed by atoms with E-state index in [9.17, 15) is 0 Å². The van der Waals surface area contributed by atoms with Gasteiger partial charge in [0.15, 0.2) is 0 Å². The normalized spacial score (nSPS) is 24.4. The first-order chi connectivity index (χ1) is 9.17. The van der Waals surface area contributed by atoms with Gasteiger partial charge in [-0.25, -0.2) is 0 Å². The predicted molar refractivity (Wildman–Crippen MR) is 77.7 cm³/mol. The Balaban J connectivity index is 2.35. The van der Waals surface area contributed by atoms with E-state index in [0.29, 0.717) is 5.92 Å². The molecule has 1 saturated heterocycles. The molecule has 1 aromatic carbocycles. The summed E-state index contributed by atoms with van der Waals surface area (Å²) in [5.41, 5.74) is 2.47. The van der Waals surface area contributed by atoms with Gasteiger partial charge in [-0.1, -0.05) is 31.5 Å². The molecule has 0 bridgehead atoms. The van der Waals surface area contributed by atoms with Crippen molar-refractivity contribution in [2.45, 2.75) is 39.3 Å². The summed E-state index contributed by atoms with van der Waals surface area (Å²) in [7, 11) is 1.73. The van der Waals surface area contributed by atoms with E-state index < -0.39 is 0 Å². The van der Waals surface area contributed by atoms with E-state index in [1.807, 2.05) is 0 Å². The molecule has 0 amide bonds. The Hall–Kier alpha value is -1.06. The van der Waals surface area contributed by atoms with Gasteiger partial charge in [0, 0.05) is 12.2 Å². The van der Waals surface area contributed by atoms with Gasteiger partial charge in [-0.3, -0.25) is 0 Å². The molecule has 19 heavy (non-hydrogen) atoms. The van der Waals surface area contributed by atoms with Crippen molar-refractivity contribution in [2.75, 3.05) is 20.3 Å². The first kappa shape index (κ1) is 14.4. The molecule has 3 nitrogen and oxygen atoms in total. The van der Waals surface area contributed by atoms with Gasteiger partial charge in [-0.05, 0) is 31.9 Å². The molecule has 1 heterocycles. The minimum absolute atomic E-state index is 0.206. The molecule has 0 radical (unpaired) electrons. The number of likely N-dealkylation sites (N-methyl/N-ethyl adjacent to an activating group) is 1. The monoisotopic (exact) mass is 263 g/mol. The highest BCUT2D eigenvalue weighted by atomic mass is 16.5. The lowest BCUT2D eigenvalue weighted by Crippen LogP contribution is -2.35. The molecule has 2 rings (SSSR count). The van der Waals surface area contributed by atoms with Crippen molar-refractivity contribution in [2.24, 2.45) is 5.92 Å². The highest BCUT2D eigenvalue weighted by Gasteiger charge is 2.34. The minimum atomic E-state index is 0.206. The number of methoxy groups -OCH3 is 1. The van der Waals surface area contributed by atoms with Crippen molar-refractivity contribution in [3.05, 3.63) is 29.3 Å². The van der Waals surface area contributed by atoms with Crippen LogP contribution in [-0.4, -0.2) is 26.4 Å². The van der Waals surface area contributed by atoms with Gasteiger partial charge < -0.3 is 14.8 Å². The second-order valence-electron chi connectivity index (χ2n) is 5.38. The van der Waals surface area contributed by atoms with Crippen LogP contribution in [0.15, 0.2) is 18.2 Å². The summed E-state index contributed by atoms with van der Waals surface area (Å²) in [6.07, 6.45) is 1.37. The molecular formula is C16H25NO2. The summed E-state index contributed by atoms with van der Waals surface area (Å²) >= 11 is 0. The summed E-state index contributed by atoms with van der Waals surface area (Å²) in [5, 5.41) is 3.57. The van der Waals surface area contributed by atoms with Gasteiger partial charge >= 0.3 is 0 Å². The molecule has 3 heteroatoms. The van der Waals surface area contributed by atoms with Crippen LogP contribution in [0, 0.1) is 12.8 Å². The Labute approximate surface area is 116 Å². The van der Waals surface area contributed by atoms with Crippen LogP contribution in [0.2, 0.25) is 0 Å². The number of hydrogen-bond donors (Lipinski definition) is 1. The SMILES string of the molecule is CCNC(c1cc(C)ccc1OC)C1OCCC1C. The molecule has 1 fully saturated rings. The fraction of sp³-hybridized carbons (Fsp3) is 0.625. The Kier molecular flexibility index (Phi) is 4.83. The number of benzene rings is 1. The van der Waals surface area contributed by atoms with Gasteiger partial charge in [-0.15, -0.1) is 0 Å². The topological polar surface area (TPSA) is 30.5 Å². The van der Waals surface area contributed by atoms with Crippen LogP contribution in [0.5, 0.6) is 5.75 Å². The average molecular weight is 263 g/mol. The molecule has 0 aromatic heterocycles. The molecule has 3 unspecified atom stereocenters. The molecule has 1 aliphatic rings. The fourth-order valence-corrected chi connectivity index (χ4v) is 2.86. The van der Waals surface area contributed by atoms with Crippen molar-refractivity contribution in [1.82, 2.24) is 5.32 Å². The largest absolute Gasteiger partial charge is 0.496 e. The third-order valence-corrected chi connectivity index (χ3v) is 3.92. The zero-order valence-electron chi connectivity index (χ0n) is 12.4. The van der Waals surface area contributed by atoms with Gasteiger partial charge in [-0.2, -0.15) is 0 Å². The predicted octanol–water partition coefficient (Wildman–Crippen LogP) is 3.08. The van der Waals surface area contributed by atoms with Crippen LogP contribution < -0.4 is 10.1 Å². The molecule has 106 valence electrons. The summed E-state index contributed by atoms with van der Waals surface area (Å²) < 4.78 is 11.5. The molecule has 3 atom stereocenters. The fourth-order valence-electron chi connectivity index (χ4n) is 2.86. The molecule has 0 saturated carbocycles. The van der Waals surface area contributed by atoms with Crippen molar-refractivity contribution in [3.63, 3.8) is 0 Å². The lowest BCUT2D eigenvalue weighted by atomic mass is 9.91. The first-order valence-corrected chi connectivity index (χ1v) is 7.17. The van der Waals surface area contributed by atoms with Gasteiger partial charge in [0.25, 0.3) is 0 Å². The maximum Gasteiger partial charge on any atom is 0.123 e. The first-order valence-electron chi connectivity index (χ1n) is 7.17. The molecular weight excluding hydrogens is 238 g/mol. The van der Waals surface area contributed by atoms with Crippen molar-refractivity contribution >= 4 is 0 Å². The van der Waals surface area contributed by atoms with Crippen molar-refractivity contribution in [3.8, 4) is 5.75 Å². The van der Waals surface area contributed by atoms with Crippen LogP contribution in [0.3, 0.4) is 0 Å². The third-order valence-electron chi connectivity index (χ3n) is 3.92. The van der Waals surface area contributed by atoms with E-state index in [2.05, 4.69) is 44.3 Å². The zero-order valence-corrected chi connectivity index (χ0v) is 12.4. The van der Waals surface area contributed by atoms with E-state index >= 15 is 0 Å². The second kappa shape index (κ2) is 6.40. The van der Waals surface area contributed by atoms with Gasteiger partial charge in [0.05, 0.1) is 19.3 Å². The number of hydrogen-bond acceptors (Lipinski definition) is 3. The molecule has 0 aliphatic carbocycles. The number of nitrogens with one attached hydrogen (secondary N) is 1. The minimum Gasteiger partial charge on any atom is -0.496 e. The van der Waals surface area contributed by atoms with Crippen LogP contribution in [0.25, 0.3) is 0 Å². The summed E-state index contributed by atoms with van der Waals surface area (Å²) in [6.45, 7) is 8.31. The summed E-state index contributed by atoms with van der Waals surface area (Å²) in [5.74, 6) is 1.52. The van der Waals surface area contributed by atoms with E-state index in [4.69, 9.17) is 9.47 Å². The Morgan fingerprint density at radius 2 is 2.26 bits per heavy atom. The number of aryl methyl sites for hydroxylation is 1. The smallest absolute Gasteiger partial charge is 0.123 e. The van der Waals surface area contributed by atoms with E-state index in [1.54, 1.807) is 7.11 Å².